The predicted octanol–water partition coefficient (Wildman–Crippen LogP) is 1.04. The number of carbonyl (C=O) groups is 2. The molecular weight excluding hydrogens is 292 g/mol. The van der Waals surface area contributed by atoms with E-state index in [1.165, 1.54) is 31.2 Å². The Balaban J connectivity index is 3.01. The van der Waals surface area contributed by atoms with Crippen LogP contribution in [0.25, 0.3) is 0 Å². The molecule has 0 aliphatic carbocycles. The molecule has 0 saturated carbocycles. The van der Waals surface area contributed by atoms with Gasteiger partial charge in [-0.3, -0.25) is 9.59 Å². The van der Waals surface area contributed by atoms with E-state index in [2.05, 4.69) is 5.32 Å². The van der Waals surface area contributed by atoms with Crippen molar-refractivity contribution < 1.29 is 18.0 Å². The molecule has 0 aliphatic heterocycles. The highest BCUT2D eigenvalue weighted by atomic mass is 32.2. The van der Waals surface area contributed by atoms with Gasteiger partial charge in [-0.15, -0.1) is 0 Å². The van der Waals surface area contributed by atoms with Crippen LogP contribution in [0.4, 0.5) is 0 Å². The third-order valence-electron chi connectivity index (χ3n) is 2.95. The van der Waals surface area contributed by atoms with Crippen molar-refractivity contribution in [3.05, 3.63) is 29.8 Å². The second-order valence-corrected chi connectivity index (χ2v) is 6.40. The maximum absolute atomic E-state index is 12.4. The maximum Gasteiger partial charge on any atom is 0.243 e. The number of amides is 1. The Hall–Kier alpha value is -1.73. The van der Waals surface area contributed by atoms with Crippen molar-refractivity contribution in [3.63, 3.8) is 0 Å². The number of sulfonamides is 1. The van der Waals surface area contributed by atoms with Gasteiger partial charge in [-0.1, -0.05) is 19.1 Å². The summed E-state index contributed by atoms with van der Waals surface area (Å²) >= 11 is 0. The summed E-state index contributed by atoms with van der Waals surface area (Å²) in [6, 6.07) is 5.70. The first kappa shape index (κ1) is 17.3. The average Bonchev–Trinajstić information content (AvgIpc) is 2.45. The van der Waals surface area contributed by atoms with E-state index in [1.807, 2.05) is 0 Å². The fourth-order valence-electron chi connectivity index (χ4n) is 1.79. The molecule has 0 heterocycles. The van der Waals surface area contributed by atoms with Gasteiger partial charge in [0, 0.05) is 18.7 Å². The summed E-state index contributed by atoms with van der Waals surface area (Å²) in [6.07, 6.45) is 0. The van der Waals surface area contributed by atoms with E-state index in [4.69, 9.17) is 0 Å². The lowest BCUT2D eigenvalue weighted by atomic mass is 10.2. The van der Waals surface area contributed by atoms with Crippen LogP contribution in [-0.4, -0.2) is 44.0 Å². The van der Waals surface area contributed by atoms with Gasteiger partial charge < -0.3 is 5.32 Å². The Morgan fingerprint density at radius 2 is 1.71 bits per heavy atom. The molecule has 0 atom stereocenters. The van der Waals surface area contributed by atoms with Crippen molar-refractivity contribution in [3.8, 4) is 0 Å². The minimum absolute atomic E-state index is 0.0682. The SMILES string of the molecule is CCNC(=O)CN(CC)S(=O)(=O)c1ccc(C(C)=O)cc1. The van der Waals surface area contributed by atoms with Crippen LogP contribution in [0.15, 0.2) is 29.2 Å². The van der Waals surface area contributed by atoms with Crippen LogP contribution in [0.5, 0.6) is 0 Å². The number of rotatable bonds is 7. The number of likely N-dealkylation sites (N-methyl/N-ethyl adjacent to an activating group) is 2. The van der Waals surface area contributed by atoms with Gasteiger partial charge in [-0.05, 0) is 26.0 Å². The Kier molecular flexibility index (Phi) is 6.04. The zero-order valence-corrected chi connectivity index (χ0v) is 13.2. The average molecular weight is 312 g/mol. The standard InChI is InChI=1S/C14H20N2O4S/c1-4-15-14(18)10-16(5-2)21(19,20)13-8-6-12(7-9-13)11(3)17/h6-9H,4-5,10H2,1-3H3,(H,15,18). The van der Waals surface area contributed by atoms with Crippen molar-refractivity contribution >= 4 is 21.7 Å². The monoisotopic (exact) mass is 312 g/mol. The van der Waals surface area contributed by atoms with E-state index in [1.54, 1.807) is 13.8 Å². The van der Waals surface area contributed by atoms with Gasteiger partial charge in [-0.2, -0.15) is 4.31 Å². The largest absolute Gasteiger partial charge is 0.355 e. The number of hydrogen-bond acceptors (Lipinski definition) is 4. The van der Waals surface area contributed by atoms with Crippen molar-refractivity contribution in [1.29, 1.82) is 0 Å². The summed E-state index contributed by atoms with van der Waals surface area (Å²) in [7, 11) is -3.75. The molecule has 1 aromatic carbocycles. The molecule has 7 heteroatoms. The fourth-order valence-corrected chi connectivity index (χ4v) is 3.20. The van der Waals surface area contributed by atoms with Gasteiger partial charge in [0.05, 0.1) is 11.4 Å². The summed E-state index contributed by atoms with van der Waals surface area (Å²) in [5, 5.41) is 2.57. The summed E-state index contributed by atoms with van der Waals surface area (Å²) in [5.74, 6) is -0.475. The van der Waals surface area contributed by atoms with Crippen LogP contribution in [0.3, 0.4) is 0 Å². The third-order valence-corrected chi connectivity index (χ3v) is 4.88. The summed E-state index contributed by atoms with van der Waals surface area (Å²) in [6.45, 7) is 5.26. The van der Waals surface area contributed by atoms with Gasteiger partial charge >= 0.3 is 0 Å². The Bertz CT molecular complexity index is 608. The lowest BCUT2D eigenvalue weighted by Crippen LogP contribution is -2.40. The molecule has 0 radical (unpaired) electrons. The van der Waals surface area contributed by atoms with Gasteiger partial charge in [-0.25, -0.2) is 8.42 Å². The van der Waals surface area contributed by atoms with Crippen LogP contribution < -0.4 is 5.32 Å². The molecular formula is C14H20N2O4S. The number of nitrogens with zero attached hydrogens (tertiary/aromatic N) is 1. The molecule has 1 N–H and O–H groups in total. The number of hydrogen-bond donors (Lipinski definition) is 1. The molecule has 1 aromatic rings. The van der Waals surface area contributed by atoms with Crippen LogP contribution >= 0.6 is 0 Å². The molecule has 0 bridgehead atoms. The number of benzene rings is 1. The van der Waals surface area contributed by atoms with E-state index in [-0.39, 0.29) is 29.7 Å². The summed E-state index contributed by atoms with van der Waals surface area (Å²) < 4.78 is 26.0. The van der Waals surface area contributed by atoms with Crippen LogP contribution in [0, 0.1) is 0 Å². The predicted molar refractivity (Wildman–Crippen MR) is 79.6 cm³/mol. The normalized spacial score (nSPS) is 11.4. The summed E-state index contributed by atoms with van der Waals surface area (Å²) in [4.78, 5) is 22.8. The smallest absolute Gasteiger partial charge is 0.243 e. The minimum Gasteiger partial charge on any atom is -0.355 e. The highest BCUT2D eigenvalue weighted by molar-refractivity contribution is 7.89. The molecule has 116 valence electrons. The second-order valence-electron chi connectivity index (χ2n) is 4.47. The Morgan fingerprint density at radius 1 is 1.14 bits per heavy atom. The van der Waals surface area contributed by atoms with E-state index < -0.39 is 10.0 Å². The van der Waals surface area contributed by atoms with E-state index >= 15 is 0 Å². The first-order valence-electron chi connectivity index (χ1n) is 6.70. The first-order chi connectivity index (χ1) is 9.82. The number of carbonyl (C=O) groups excluding carboxylic acids is 2. The zero-order valence-electron chi connectivity index (χ0n) is 12.4. The van der Waals surface area contributed by atoms with Gasteiger partial charge in [0.25, 0.3) is 0 Å². The van der Waals surface area contributed by atoms with E-state index in [9.17, 15) is 18.0 Å². The third kappa shape index (κ3) is 4.37. The summed E-state index contributed by atoms with van der Waals surface area (Å²) in [5.41, 5.74) is 0.445. The van der Waals surface area contributed by atoms with E-state index in [0.29, 0.717) is 12.1 Å². The lowest BCUT2D eigenvalue weighted by molar-refractivity contribution is -0.121. The van der Waals surface area contributed by atoms with Crippen LogP contribution in [-0.2, 0) is 14.8 Å². The molecule has 1 amide bonds. The van der Waals surface area contributed by atoms with E-state index in [0.717, 1.165) is 4.31 Å². The molecule has 0 aliphatic rings. The zero-order chi connectivity index (χ0) is 16.0. The van der Waals surface area contributed by atoms with Crippen LogP contribution in [0.1, 0.15) is 31.1 Å². The van der Waals surface area contributed by atoms with Crippen LogP contribution in [0.2, 0.25) is 0 Å². The molecule has 1 rings (SSSR count). The molecule has 0 aromatic heterocycles. The molecule has 0 fully saturated rings. The topological polar surface area (TPSA) is 83.6 Å². The van der Waals surface area contributed by atoms with Crippen molar-refractivity contribution in [2.45, 2.75) is 25.7 Å². The van der Waals surface area contributed by atoms with Crippen molar-refractivity contribution in [1.82, 2.24) is 9.62 Å². The number of ketones is 1. The number of Topliss-reactive ketones (excluding diaryl/α,β-unsaturated/α-hetero) is 1. The second kappa shape index (κ2) is 7.33. The highest BCUT2D eigenvalue weighted by Gasteiger charge is 2.25. The Labute approximate surface area is 125 Å². The number of nitrogens with one attached hydrogen (secondary N) is 1. The minimum atomic E-state index is -3.75. The fraction of sp³-hybridized carbons (Fsp3) is 0.429. The molecule has 0 unspecified atom stereocenters. The van der Waals surface area contributed by atoms with Gasteiger partial charge in [0.2, 0.25) is 15.9 Å². The first-order valence-corrected chi connectivity index (χ1v) is 8.14. The highest BCUT2D eigenvalue weighted by Crippen LogP contribution is 2.16. The lowest BCUT2D eigenvalue weighted by Gasteiger charge is -2.20. The molecule has 0 spiro atoms. The quantitative estimate of drug-likeness (QED) is 0.762. The molecule has 6 nitrogen and oxygen atoms in total. The van der Waals surface area contributed by atoms with Crippen molar-refractivity contribution in [2.75, 3.05) is 19.6 Å². The van der Waals surface area contributed by atoms with Crippen molar-refractivity contribution in [2.24, 2.45) is 0 Å². The molecule has 0 saturated heterocycles. The molecule has 21 heavy (non-hydrogen) atoms. The maximum atomic E-state index is 12.4. The Morgan fingerprint density at radius 3 is 2.14 bits per heavy atom. The van der Waals surface area contributed by atoms with Gasteiger partial charge in [0.15, 0.2) is 5.78 Å². The van der Waals surface area contributed by atoms with Gasteiger partial charge in [0.1, 0.15) is 0 Å².